The summed E-state index contributed by atoms with van der Waals surface area (Å²) in [7, 11) is 0. The smallest absolute Gasteiger partial charge is 0.146 e. The summed E-state index contributed by atoms with van der Waals surface area (Å²) in [6.07, 6.45) is 2.86. The van der Waals surface area contributed by atoms with Crippen LogP contribution in [0.5, 0.6) is 0 Å². The third-order valence-corrected chi connectivity index (χ3v) is 5.81. The van der Waals surface area contributed by atoms with E-state index in [0.717, 1.165) is 69.0 Å². The fourth-order valence-electron chi connectivity index (χ4n) is 4.01. The number of aryl methyl sites for hydroxylation is 2. The highest BCUT2D eigenvalue weighted by molar-refractivity contribution is 5.80. The van der Waals surface area contributed by atoms with Gasteiger partial charge in [0.25, 0.3) is 0 Å². The summed E-state index contributed by atoms with van der Waals surface area (Å²) in [5.74, 6) is 0. The second kappa shape index (κ2) is 8.29. The first-order valence-corrected chi connectivity index (χ1v) is 10.1. The lowest BCUT2D eigenvalue weighted by Gasteiger charge is -2.26. The average Bonchev–Trinajstić information content (AvgIpc) is 2.96. The van der Waals surface area contributed by atoms with E-state index in [0.29, 0.717) is 5.49 Å². The van der Waals surface area contributed by atoms with Crippen LogP contribution in [0.25, 0.3) is 11.0 Å². The van der Waals surface area contributed by atoms with Gasteiger partial charge in [-0.05, 0) is 31.4 Å². The molecule has 1 aliphatic rings. The number of hydrogen-bond acceptors (Lipinski definition) is 4. The molecule has 2 aromatic heterocycles. The maximum atomic E-state index is 8.77. The lowest BCUT2D eigenvalue weighted by atomic mass is 10.2. The molecule has 3 aromatic rings. The number of nitrogens with zero attached hydrogens (tertiary/aromatic N) is 4. The number of rotatable bonds is 6. The fourth-order valence-corrected chi connectivity index (χ4v) is 4.01. The molecule has 0 bridgehead atoms. The van der Waals surface area contributed by atoms with Crippen LogP contribution in [0, 0.1) is 19.3 Å². The van der Waals surface area contributed by atoms with Gasteiger partial charge in [-0.25, -0.2) is 4.98 Å². The molecule has 1 saturated heterocycles. The number of benzene rings is 1. The maximum Gasteiger partial charge on any atom is 0.146 e. The molecule has 0 radical (unpaired) electrons. The predicted octanol–water partition coefficient (Wildman–Crippen LogP) is 2.70. The van der Waals surface area contributed by atoms with Crippen molar-refractivity contribution in [2.24, 2.45) is 0 Å². The molecule has 0 spiro atoms. The second-order valence-corrected chi connectivity index (χ2v) is 7.57. The Hall–Kier alpha value is -2.44. The van der Waals surface area contributed by atoms with Crippen molar-refractivity contribution >= 4 is 11.0 Å². The number of hydrogen-bond donors (Lipinski definition) is 1. The van der Waals surface area contributed by atoms with Gasteiger partial charge in [0, 0.05) is 38.4 Å². The average molecular weight is 380 g/mol. The third kappa shape index (κ3) is 3.75. The third-order valence-electron chi connectivity index (χ3n) is 5.81. The van der Waals surface area contributed by atoms with E-state index in [1.807, 2.05) is 17.0 Å². The first-order valence-electron chi connectivity index (χ1n) is 10.1. The van der Waals surface area contributed by atoms with Crippen LogP contribution in [0.1, 0.15) is 23.2 Å². The van der Waals surface area contributed by atoms with Crippen LogP contribution in [-0.4, -0.2) is 51.9 Å². The molecule has 0 unspecified atom stereocenters. The van der Waals surface area contributed by atoms with Crippen molar-refractivity contribution in [3.05, 3.63) is 59.0 Å². The minimum atomic E-state index is 0.569. The van der Waals surface area contributed by atoms with E-state index in [2.05, 4.69) is 47.6 Å². The van der Waals surface area contributed by atoms with Gasteiger partial charge in [0.1, 0.15) is 11.1 Å². The molecule has 1 aromatic carbocycles. The van der Waals surface area contributed by atoms with Gasteiger partial charge in [0.2, 0.25) is 0 Å². The molecule has 1 aliphatic heterocycles. The summed E-state index contributed by atoms with van der Waals surface area (Å²) in [5.41, 5.74) is 5.07. The molecule has 0 saturated carbocycles. The van der Waals surface area contributed by atoms with E-state index in [1.165, 1.54) is 11.3 Å². The lowest BCUT2D eigenvalue weighted by Crippen LogP contribution is -2.37. The predicted molar refractivity (Wildman–Crippen MR) is 110 cm³/mol. The van der Waals surface area contributed by atoms with Crippen molar-refractivity contribution < 1.29 is 4.74 Å². The first-order chi connectivity index (χ1) is 13.6. The van der Waals surface area contributed by atoms with Crippen LogP contribution in [0.3, 0.4) is 0 Å². The van der Waals surface area contributed by atoms with Crippen molar-refractivity contribution in [3.63, 3.8) is 0 Å². The van der Waals surface area contributed by atoms with Crippen LogP contribution in [-0.2, 0) is 17.8 Å². The minimum Gasteiger partial charge on any atom is -0.379 e. The van der Waals surface area contributed by atoms with Gasteiger partial charge in [-0.1, -0.05) is 30.3 Å². The van der Waals surface area contributed by atoms with Crippen molar-refractivity contribution in [2.45, 2.75) is 33.4 Å². The summed E-state index contributed by atoms with van der Waals surface area (Å²) in [6.45, 7) is 10.6. The molecule has 28 heavy (non-hydrogen) atoms. The van der Waals surface area contributed by atoms with Crippen LogP contribution in [0.15, 0.2) is 36.7 Å². The number of aromatic nitrogens is 3. The summed E-state index contributed by atoms with van der Waals surface area (Å²) < 4.78 is 9.63. The molecule has 148 valence electrons. The quantitative estimate of drug-likeness (QED) is 0.716. The van der Waals surface area contributed by atoms with E-state index < -0.39 is 0 Å². The first kappa shape index (κ1) is 18.9. The van der Waals surface area contributed by atoms with Gasteiger partial charge in [0.05, 0.1) is 24.9 Å². The summed E-state index contributed by atoms with van der Waals surface area (Å²) >= 11 is 0. The molecule has 6 nitrogen and oxygen atoms in total. The normalized spacial score (nSPS) is 15.4. The zero-order valence-electron chi connectivity index (χ0n) is 16.8. The molecule has 1 N–H and O–H groups in total. The Kier molecular flexibility index (Phi) is 5.59. The summed E-state index contributed by atoms with van der Waals surface area (Å²) in [5, 5.41) is 9.74. The van der Waals surface area contributed by atoms with Crippen molar-refractivity contribution in [1.29, 1.82) is 5.41 Å². The molecule has 1 fully saturated rings. The number of ether oxygens (including phenoxy) is 1. The van der Waals surface area contributed by atoms with Gasteiger partial charge in [-0.3, -0.25) is 10.3 Å². The molecular weight excluding hydrogens is 350 g/mol. The van der Waals surface area contributed by atoms with Crippen LogP contribution in [0.2, 0.25) is 0 Å². The number of fused-ring (bicyclic) bond motifs is 1. The highest BCUT2D eigenvalue weighted by Gasteiger charge is 2.16. The van der Waals surface area contributed by atoms with Gasteiger partial charge in [-0.2, -0.15) is 0 Å². The molecule has 4 rings (SSSR count). The zero-order valence-corrected chi connectivity index (χ0v) is 16.8. The Morgan fingerprint density at radius 3 is 2.57 bits per heavy atom. The van der Waals surface area contributed by atoms with E-state index in [9.17, 15) is 0 Å². The largest absolute Gasteiger partial charge is 0.379 e. The fraction of sp³-hybridized carbons (Fsp3) is 0.455. The van der Waals surface area contributed by atoms with Crippen molar-refractivity contribution in [1.82, 2.24) is 19.0 Å². The van der Waals surface area contributed by atoms with Gasteiger partial charge < -0.3 is 13.9 Å². The van der Waals surface area contributed by atoms with E-state index >= 15 is 0 Å². The number of nitrogens with one attached hydrogen (secondary N) is 1. The Labute approximate surface area is 165 Å². The van der Waals surface area contributed by atoms with Crippen molar-refractivity contribution in [3.8, 4) is 0 Å². The summed E-state index contributed by atoms with van der Waals surface area (Å²) in [4.78, 5) is 7.19. The number of morpholine rings is 1. The monoisotopic (exact) mass is 379 g/mol. The maximum absolute atomic E-state index is 8.77. The lowest BCUT2D eigenvalue weighted by molar-refractivity contribution is 0.0369. The van der Waals surface area contributed by atoms with Gasteiger partial charge >= 0.3 is 0 Å². The molecule has 0 atom stereocenters. The Morgan fingerprint density at radius 1 is 1.07 bits per heavy atom. The van der Waals surface area contributed by atoms with E-state index in [1.54, 1.807) is 0 Å². The topological polar surface area (TPSA) is 59.1 Å². The highest BCUT2D eigenvalue weighted by atomic mass is 16.5. The van der Waals surface area contributed by atoms with Crippen LogP contribution >= 0.6 is 0 Å². The van der Waals surface area contributed by atoms with Gasteiger partial charge in [0.15, 0.2) is 0 Å². The highest BCUT2D eigenvalue weighted by Crippen LogP contribution is 2.22. The van der Waals surface area contributed by atoms with Crippen molar-refractivity contribution in [2.75, 3.05) is 32.8 Å². The second-order valence-electron chi connectivity index (χ2n) is 7.57. The molecular formula is C22H29N5O. The molecule has 0 aliphatic carbocycles. The van der Waals surface area contributed by atoms with Gasteiger partial charge in [-0.15, -0.1) is 0 Å². The Morgan fingerprint density at radius 2 is 1.82 bits per heavy atom. The minimum absolute atomic E-state index is 0.569. The summed E-state index contributed by atoms with van der Waals surface area (Å²) in [6, 6.07) is 10.4. The Bertz CT molecular complexity index is 999. The molecule has 3 heterocycles. The zero-order chi connectivity index (χ0) is 19.5. The standard InChI is InChI=1S/C22H29N5O/c1-17-18(2)27(15-19-7-4-3-5-8-19)22-20(17)21(23)26(16-24-22)10-6-9-25-11-13-28-14-12-25/h3-5,7-8,16,23H,6,9-15H2,1-2H3. The van der Waals surface area contributed by atoms with Crippen LogP contribution < -0.4 is 5.49 Å². The van der Waals surface area contributed by atoms with Crippen LogP contribution in [0.4, 0.5) is 0 Å². The SMILES string of the molecule is Cc1c(C)n(Cc2ccccc2)c2ncn(CCCN3CCOCC3)c(=N)c12. The Balaban J connectivity index is 1.57. The molecule has 0 amide bonds. The van der Waals surface area contributed by atoms with E-state index in [-0.39, 0.29) is 0 Å². The van der Waals surface area contributed by atoms with E-state index in [4.69, 9.17) is 15.1 Å². The molecule has 6 heteroatoms.